The molecule has 0 radical (unpaired) electrons. The average molecular weight is 237 g/mol. The van der Waals surface area contributed by atoms with Crippen molar-refractivity contribution in [3.63, 3.8) is 0 Å². The summed E-state index contributed by atoms with van der Waals surface area (Å²) in [6.07, 6.45) is 1.67. The van der Waals surface area contributed by atoms with Gasteiger partial charge in [-0.25, -0.2) is 4.98 Å². The Hall–Kier alpha value is -2.34. The van der Waals surface area contributed by atoms with Gasteiger partial charge in [0, 0.05) is 24.1 Å². The number of pyridine rings is 1. The van der Waals surface area contributed by atoms with Crippen LogP contribution in [-0.2, 0) is 0 Å². The normalized spacial score (nSPS) is 9.83. The van der Waals surface area contributed by atoms with Crippen molar-refractivity contribution in [1.82, 2.24) is 4.98 Å². The molecule has 0 fully saturated rings. The lowest BCUT2D eigenvalue weighted by molar-refractivity contribution is 1.02. The van der Waals surface area contributed by atoms with Crippen molar-refractivity contribution >= 4 is 11.4 Å². The van der Waals surface area contributed by atoms with Gasteiger partial charge in [0.05, 0.1) is 0 Å². The molecule has 0 N–H and O–H groups in total. The first kappa shape index (κ1) is 12.1. The van der Waals surface area contributed by atoms with E-state index in [1.807, 2.05) is 12.1 Å². The molecule has 0 amide bonds. The van der Waals surface area contributed by atoms with Crippen LogP contribution in [-0.4, -0.2) is 11.5 Å². The molecule has 0 atom stereocenters. The monoisotopic (exact) mass is 237 g/mol. The van der Waals surface area contributed by atoms with Gasteiger partial charge in [0.2, 0.25) is 0 Å². The number of aromatic nitrogens is 1. The number of nitrogens with zero attached hydrogens (tertiary/aromatic N) is 3. The molecule has 90 valence electrons. The number of anilines is 2. The molecule has 2 rings (SSSR count). The SMILES string of the molecule is CCN(c1ccc(C)cc1)c1ccnc(C#N)c1. The third kappa shape index (κ3) is 2.49. The number of aryl methyl sites for hydroxylation is 1. The van der Waals surface area contributed by atoms with E-state index in [9.17, 15) is 0 Å². The zero-order chi connectivity index (χ0) is 13.0. The van der Waals surface area contributed by atoms with Crippen LogP contribution >= 0.6 is 0 Å². The molecule has 1 aromatic carbocycles. The van der Waals surface area contributed by atoms with E-state index >= 15 is 0 Å². The number of nitriles is 1. The molecule has 0 saturated carbocycles. The van der Waals surface area contributed by atoms with Gasteiger partial charge >= 0.3 is 0 Å². The highest BCUT2D eigenvalue weighted by Gasteiger charge is 2.07. The molecule has 18 heavy (non-hydrogen) atoms. The molecule has 0 saturated heterocycles. The number of rotatable bonds is 3. The molecule has 3 nitrogen and oxygen atoms in total. The first-order valence-electron chi connectivity index (χ1n) is 5.95. The molecule has 3 heteroatoms. The highest BCUT2D eigenvalue weighted by Crippen LogP contribution is 2.25. The maximum absolute atomic E-state index is 8.89. The molecule has 0 spiro atoms. The van der Waals surface area contributed by atoms with Gasteiger partial charge in [0.25, 0.3) is 0 Å². The zero-order valence-electron chi connectivity index (χ0n) is 10.6. The Morgan fingerprint density at radius 1 is 1.17 bits per heavy atom. The van der Waals surface area contributed by atoms with Crippen molar-refractivity contribution in [1.29, 1.82) is 5.26 Å². The predicted molar refractivity (Wildman–Crippen MR) is 72.8 cm³/mol. The summed E-state index contributed by atoms with van der Waals surface area (Å²) in [5.41, 5.74) is 3.80. The lowest BCUT2D eigenvalue weighted by Crippen LogP contribution is -2.16. The van der Waals surface area contributed by atoms with Gasteiger partial charge in [0.15, 0.2) is 0 Å². The Balaban J connectivity index is 2.39. The fraction of sp³-hybridized carbons (Fsp3) is 0.200. The van der Waals surface area contributed by atoms with E-state index in [4.69, 9.17) is 5.26 Å². The van der Waals surface area contributed by atoms with Crippen LogP contribution in [0.15, 0.2) is 42.6 Å². The van der Waals surface area contributed by atoms with Crippen LogP contribution in [0.25, 0.3) is 0 Å². The van der Waals surface area contributed by atoms with Crippen molar-refractivity contribution in [2.45, 2.75) is 13.8 Å². The summed E-state index contributed by atoms with van der Waals surface area (Å²) in [6, 6.07) is 14.2. The standard InChI is InChI=1S/C15H15N3/c1-3-18(14-6-4-12(2)5-7-14)15-8-9-17-13(10-15)11-16/h4-10H,3H2,1-2H3. The molecule has 0 aliphatic carbocycles. The minimum absolute atomic E-state index is 0.443. The van der Waals surface area contributed by atoms with Crippen LogP contribution < -0.4 is 4.90 Å². The summed E-state index contributed by atoms with van der Waals surface area (Å²) < 4.78 is 0. The Kier molecular flexibility index (Phi) is 3.59. The summed E-state index contributed by atoms with van der Waals surface area (Å²) in [6.45, 7) is 5.00. The van der Waals surface area contributed by atoms with Crippen LogP contribution in [0.5, 0.6) is 0 Å². The highest BCUT2D eigenvalue weighted by molar-refractivity contribution is 5.63. The van der Waals surface area contributed by atoms with Gasteiger partial charge in [-0.3, -0.25) is 0 Å². The van der Waals surface area contributed by atoms with E-state index in [1.54, 1.807) is 6.20 Å². The van der Waals surface area contributed by atoms with Crippen LogP contribution in [0.1, 0.15) is 18.2 Å². The summed E-state index contributed by atoms with van der Waals surface area (Å²) in [5.74, 6) is 0. The smallest absolute Gasteiger partial charge is 0.142 e. The van der Waals surface area contributed by atoms with Crippen LogP contribution in [0, 0.1) is 18.3 Å². The lowest BCUT2D eigenvalue weighted by atomic mass is 10.2. The average Bonchev–Trinajstić information content (AvgIpc) is 2.42. The summed E-state index contributed by atoms with van der Waals surface area (Å²) in [4.78, 5) is 6.15. The topological polar surface area (TPSA) is 39.9 Å². The molecule has 2 aromatic rings. The number of hydrogen-bond donors (Lipinski definition) is 0. The van der Waals surface area contributed by atoms with Gasteiger partial charge < -0.3 is 4.90 Å². The van der Waals surface area contributed by atoms with Crippen molar-refractivity contribution in [2.75, 3.05) is 11.4 Å². The Bertz CT molecular complexity index is 567. The van der Waals surface area contributed by atoms with Crippen molar-refractivity contribution in [2.24, 2.45) is 0 Å². The van der Waals surface area contributed by atoms with E-state index in [-0.39, 0.29) is 0 Å². The Morgan fingerprint density at radius 2 is 1.89 bits per heavy atom. The first-order valence-corrected chi connectivity index (χ1v) is 5.95. The predicted octanol–water partition coefficient (Wildman–Crippen LogP) is 3.42. The maximum atomic E-state index is 8.89. The van der Waals surface area contributed by atoms with E-state index in [0.29, 0.717) is 5.69 Å². The molecule has 0 bridgehead atoms. The van der Waals surface area contributed by atoms with E-state index in [2.05, 4.69) is 54.1 Å². The number of hydrogen-bond acceptors (Lipinski definition) is 3. The van der Waals surface area contributed by atoms with Crippen LogP contribution in [0.3, 0.4) is 0 Å². The third-order valence-electron chi connectivity index (χ3n) is 2.83. The molecule has 1 heterocycles. The molecule has 0 aliphatic rings. The van der Waals surface area contributed by atoms with E-state index < -0.39 is 0 Å². The first-order chi connectivity index (χ1) is 8.74. The van der Waals surface area contributed by atoms with Crippen molar-refractivity contribution < 1.29 is 0 Å². The van der Waals surface area contributed by atoms with E-state index in [1.165, 1.54) is 5.56 Å². The van der Waals surface area contributed by atoms with E-state index in [0.717, 1.165) is 17.9 Å². The molecule has 0 unspecified atom stereocenters. The highest BCUT2D eigenvalue weighted by atomic mass is 15.1. The fourth-order valence-corrected chi connectivity index (χ4v) is 1.89. The summed E-state index contributed by atoms with van der Waals surface area (Å²) in [7, 11) is 0. The quantitative estimate of drug-likeness (QED) is 0.821. The summed E-state index contributed by atoms with van der Waals surface area (Å²) in [5, 5.41) is 8.89. The van der Waals surface area contributed by atoms with Gasteiger partial charge in [-0.2, -0.15) is 5.26 Å². The molecular formula is C15H15N3. The van der Waals surface area contributed by atoms with Crippen LogP contribution in [0.2, 0.25) is 0 Å². The van der Waals surface area contributed by atoms with Gasteiger partial charge in [0.1, 0.15) is 11.8 Å². The molecular weight excluding hydrogens is 222 g/mol. The number of benzene rings is 1. The largest absolute Gasteiger partial charge is 0.342 e. The Morgan fingerprint density at radius 3 is 2.50 bits per heavy atom. The third-order valence-corrected chi connectivity index (χ3v) is 2.83. The van der Waals surface area contributed by atoms with Gasteiger partial charge in [-0.05, 0) is 38.1 Å². The summed E-state index contributed by atoms with van der Waals surface area (Å²) >= 11 is 0. The van der Waals surface area contributed by atoms with Crippen molar-refractivity contribution in [3.05, 3.63) is 53.9 Å². The van der Waals surface area contributed by atoms with Gasteiger partial charge in [-0.1, -0.05) is 17.7 Å². The van der Waals surface area contributed by atoms with Crippen molar-refractivity contribution in [3.8, 4) is 6.07 Å². The molecule has 1 aromatic heterocycles. The zero-order valence-corrected chi connectivity index (χ0v) is 10.6. The van der Waals surface area contributed by atoms with Crippen LogP contribution in [0.4, 0.5) is 11.4 Å². The second-order valence-corrected chi connectivity index (χ2v) is 4.09. The minimum Gasteiger partial charge on any atom is -0.342 e. The maximum Gasteiger partial charge on any atom is 0.142 e. The molecule has 0 aliphatic heterocycles. The lowest BCUT2D eigenvalue weighted by Gasteiger charge is -2.23. The second kappa shape index (κ2) is 5.33. The Labute approximate surface area is 107 Å². The second-order valence-electron chi connectivity index (χ2n) is 4.09. The minimum atomic E-state index is 0.443. The fourth-order valence-electron chi connectivity index (χ4n) is 1.89. The van der Waals surface area contributed by atoms with Gasteiger partial charge in [-0.15, -0.1) is 0 Å².